The minimum atomic E-state index is -4.02. The van der Waals surface area contributed by atoms with Gasteiger partial charge in [0.25, 0.3) is 10.1 Å². The molecular formula is C25H38O5S. The summed E-state index contributed by atoms with van der Waals surface area (Å²) in [6, 6.07) is 5.99. The lowest BCUT2D eigenvalue weighted by Gasteiger charge is -1.98. The van der Waals surface area contributed by atoms with E-state index >= 15 is 0 Å². The van der Waals surface area contributed by atoms with Gasteiger partial charge in [-0.05, 0) is 57.6 Å². The second kappa shape index (κ2) is 18.6. The van der Waals surface area contributed by atoms with E-state index in [1.807, 2.05) is 6.92 Å². The van der Waals surface area contributed by atoms with Crippen molar-refractivity contribution in [1.82, 2.24) is 0 Å². The van der Waals surface area contributed by atoms with Crippen LogP contribution in [0, 0.1) is 6.92 Å². The SMILES string of the molecule is CC/C=C\C/C=C\C/C=C\CCCCCCCC(=O)O.Cc1ccc(S(=O)(=O)O)cc1. The van der Waals surface area contributed by atoms with Crippen LogP contribution in [0.4, 0.5) is 0 Å². The van der Waals surface area contributed by atoms with Gasteiger partial charge in [-0.2, -0.15) is 8.42 Å². The lowest BCUT2D eigenvalue weighted by Crippen LogP contribution is -1.96. The highest BCUT2D eigenvalue weighted by atomic mass is 32.2. The maximum absolute atomic E-state index is 10.5. The number of rotatable bonds is 14. The van der Waals surface area contributed by atoms with E-state index < -0.39 is 16.1 Å². The molecule has 31 heavy (non-hydrogen) atoms. The van der Waals surface area contributed by atoms with Crippen molar-refractivity contribution in [2.75, 3.05) is 0 Å². The van der Waals surface area contributed by atoms with Crippen molar-refractivity contribution in [2.24, 2.45) is 0 Å². The van der Waals surface area contributed by atoms with Gasteiger partial charge in [-0.3, -0.25) is 9.35 Å². The molecule has 1 aromatic rings. The zero-order valence-electron chi connectivity index (χ0n) is 18.9. The highest BCUT2D eigenvalue weighted by molar-refractivity contribution is 7.85. The quantitative estimate of drug-likeness (QED) is 0.183. The van der Waals surface area contributed by atoms with Crippen LogP contribution in [-0.2, 0) is 14.9 Å². The Kier molecular flexibility index (Phi) is 17.3. The van der Waals surface area contributed by atoms with Crippen molar-refractivity contribution in [3.63, 3.8) is 0 Å². The summed E-state index contributed by atoms with van der Waals surface area (Å²) < 4.78 is 29.6. The number of aryl methyl sites for hydroxylation is 1. The topological polar surface area (TPSA) is 91.7 Å². The fourth-order valence-electron chi connectivity index (χ4n) is 2.61. The standard InChI is InChI=1S/C18H30O2.C7H8O3S/c1-2-3-4-5-6-7-8-9-10-11-12-13-14-15-16-17-18(19)20;1-6-2-4-7(5-3-6)11(8,9)10/h3-4,6-7,9-10H,2,5,8,11-17H2,1H3,(H,19,20);2-5H,1H3,(H,8,9,10)/b4-3-,7-6-,10-9-;. The molecule has 0 amide bonds. The zero-order valence-corrected chi connectivity index (χ0v) is 19.7. The first-order chi connectivity index (χ1) is 14.8. The second-order valence-corrected chi connectivity index (χ2v) is 8.70. The average Bonchev–Trinajstić information content (AvgIpc) is 2.71. The normalized spacial score (nSPS) is 11.8. The van der Waals surface area contributed by atoms with Crippen LogP contribution in [0.1, 0.15) is 76.7 Å². The summed E-state index contributed by atoms with van der Waals surface area (Å²) in [4.78, 5) is 10.2. The Morgan fingerprint density at radius 1 is 0.839 bits per heavy atom. The molecule has 0 unspecified atom stereocenters. The number of carboxylic acids is 1. The Bertz CT molecular complexity index is 775. The molecule has 0 saturated carbocycles. The number of benzene rings is 1. The van der Waals surface area contributed by atoms with Crippen molar-refractivity contribution >= 4 is 16.1 Å². The molecule has 2 N–H and O–H groups in total. The molecule has 0 spiro atoms. The molecule has 0 aliphatic heterocycles. The number of hydrogen-bond acceptors (Lipinski definition) is 3. The molecule has 0 atom stereocenters. The molecule has 0 bridgehead atoms. The van der Waals surface area contributed by atoms with E-state index in [2.05, 4.69) is 43.4 Å². The van der Waals surface area contributed by atoms with Crippen molar-refractivity contribution in [3.8, 4) is 0 Å². The first kappa shape index (κ1) is 28.8. The number of unbranched alkanes of at least 4 members (excludes halogenated alkanes) is 5. The van der Waals surface area contributed by atoms with E-state index in [1.165, 1.54) is 25.0 Å². The van der Waals surface area contributed by atoms with Crippen LogP contribution in [0.25, 0.3) is 0 Å². The summed E-state index contributed by atoms with van der Waals surface area (Å²) in [6.07, 6.45) is 23.4. The van der Waals surface area contributed by atoms with Gasteiger partial charge in [-0.25, -0.2) is 0 Å². The van der Waals surface area contributed by atoms with Gasteiger partial charge >= 0.3 is 5.97 Å². The summed E-state index contributed by atoms with van der Waals surface area (Å²) in [5, 5.41) is 8.50. The van der Waals surface area contributed by atoms with Crippen LogP contribution in [0.5, 0.6) is 0 Å². The van der Waals surface area contributed by atoms with Crippen LogP contribution < -0.4 is 0 Å². The van der Waals surface area contributed by atoms with Gasteiger partial charge in [0.15, 0.2) is 0 Å². The molecule has 6 heteroatoms. The first-order valence-corrected chi connectivity index (χ1v) is 12.4. The molecule has 0 radical (unpaired) electrons. The van der Waals surface area contributed by atoms with Gasteiger partial charge in [-0.15, -0.1) is 0 Å². The Labute approximate surface area is 188 Å². The van der Waals surface area contributed by atoms with E-state index in [9.17, 15) is 13.2 Å². The van der Waals surface area contributed by atoms with Crippen molar-refractivity contribution in [3.05, 3.63) is 66.3 Å². The Hall–Kier alpha value is -2.18. The minimum Gasteiger partial charge on any atom is -0.481 e. The van der Waals surface area contributed by atoms with Crippen LogP contribution >= 0.6 is 0 Å². The van der Waals surface area contributed by atoms with Crippen molar-refractivity contribution < 1.29 is 22.9 Å². The summed E-state index contributed by atoms with van der Waals surface area (Å²) >= 11 is 0. The number of carbonyl (C=O) groups is 1. The molecule has 0 aliphatic carbocycles. The predicted molar refractivity (Wildman–Crippen MR) is 128 cm³/mol. The maximum atomic E-state index is 10.5. The first-order valence-electron chi connectivity index (χ1n) is 11.0. The molecule has 174 valence electrons. The van der Waals surface area contributed by atoms with Gasteiger partial charge in [0.05, 0.1) is 4.90 Å². The van der Waals surface area contributed by atoms with Crippen LogP contribution in [0.15, 0.2) is 65.6 Å². The Balaban J connectivity index is 0.000000683. The van der Waals surface area contributed by atoms with E-state index in [4.69, 9.17) is 9.66 Å². The van der Waals surface area contributed by atoms with Crippen molar-refractivity contribution in [2.45, 2.75) is 83.0 Å². The predicted octanol–water partition coefficient (Wildman–Crippen LogP) is 6.90. The number of aliphatic carboxylic acids is 1. The lowest BCUT2D eigenvalue weighted by molar-refractivity contribution is -0.137. The zero-order chi connectivity index (χ0) is 23.4. The van der Waals surface area contributed by atoms with E-state index in [0.717, 1.165) is 50.5 Å². The van der Waals surface area contributed by atoms with E-state index in [1.54, 1.807) is 12.1 Å². The van der Waals surface area contributed by atoms with Gasteiger partial charge in [0.2, 0.25) is 0 Å². The third-order valence-corrected chi connectivity index (χ3v) is 5.23. The summed E-state index contributed by atoms with van der Waals surface area (Å²) in [7, 11) is -4.02. The van der Waals surface area contributed by atoms with Crippen LogP contribution in [0.3, 0.4) is 0 Å². The molecular weight excluding hydrogens is 412 g/mol. The average molecular weight is 451 g/mol. The highest BCUT2D eigenvalue weighted by Crippen LogP contribution is 2.09. The van der Waals surface area contributed by atoms with Crippen LogP contribution in [-0.4, -0.2) is 24.0 Å². The monoisotopic (exact) mass is 450 g/mol. The summed E-state index contributed by atoms with van der Waals surface area (Å²) in [6.45, 7) is 3.99. The van der Waals surface area contributed by atoms with E-state index in [0.29, 0.717) is 6.42 Å². The molecule has 0 fully saturated rings. The largest absolute Gasteiger partial charge is 0.481 e. The molecule has 0 heterocycles. The third kappa shape index (κ3) is 19.5. The Morgan fingerprint density at radius 2 is 1.35 bits per heavy atom. The number of carboxylic acid groups (broad SMARTS) is 1. The maximum Gasteiger partial charge on any atom is 0.303 e. The Morgan fingerprint density at radius 3 is 1.90 bits per heavy atom. The van der Waals surface area contributed by atoms with Gasteiger partial charge in [0.1, 0.15) is 0 Å². The molecule has 5 nitrogen and oxygen atoms in total. The van der Waals surface area contributed by atoms with Crippen molar-refractivity contribution in [1.29, 1.82) is 0 Å². The molecule has 0 aliphatic rings. The number of allylic oxidation sites excluding steroid dienone is 6. The van der Waals surface area contributed by atoms with Crippen LogP contribution in [0.2, 0.25) is 0 Å². The molecule has 1 rings (SSSR count). The van der Waals surface area contributed by atoms with E-state index in [-0.39, 0.29) is 4.90 Å². The fraction of sp³-hybridized carbons (Fsp3) is 0.480. The molecule has 1 aromatic carbocycles. The molecule has 0 saturated heterocycles. The smallest absolute Gasteiger partial charge is 0.303 e. The number of hydrogen-bond donors (Lipinski definition) is 2. The lowest BCUT2D eigenvalue weighted by atomic mass is 10.1. The third-order valence-electron chi connectivity index (χ3n) is 4.36. The highest BCUT2D eigenvalue weighted by Gasteiger charge is 2.06. The van der Waals surface area contributed by atoms with Gasteiger partial charge in [-0.1, -0.05) is 80.3 Å². The van der Waals surface area contributed by atoms with Gasteiger partial charge < -0.3 is 5.11 Å². The molecule has 0 aromatic heterocycles. The van der Waals surface area contributed by atoms with Gasteiger partial charge in [0, 0.05) is 6.42 Å². The minimum absolute atomic E-state index is 0.0666. The second-order valence-electron chi connectivity index (χ2n) is 7.28. The fourth-order valence-corrected chi connectivity index (χ4v) is 3.09. The summed E-state index contributed by atoms with van der Waals surface area (Å²) in [5.74, 6) is -0.675. The summed E-state index contributed by atoms with van der Waals surface area (Å²) in [5.41, 5.74) is 0.956.